The molecular weight excluding hydrogens is 471 g/mol. The van der Waals surface area contributed by atoms with E-state index in [9.17, 15) is 9.18 Å². The van der Waals surface area contributed by atoms with Crippen LogP contribution in [0.5, 0.6) is 11.5 Å². The molecule has 0 fully saturated rings. The molecule has 2 heterocycles. The van der Waals surface area contributed by atoms with E-state index in [0.717, 1.165) is 11.3 Å². The average Bonchev–Trinajstić information content (AvgIpc) is 3.38. The van der Waals surface area contributed by atoms with E-state index < -0.39 is 12.0 Å². The second-order valence-electron chi connectivity index (χ2n) is 8.21. The van der Waals surface area contributed by atoms with Crippen LogP contribution in [0.2, 0.25) is 0 Å². The summed E-state index contributed by atoms with van der Waals surface area (Å²) in [7, 11) is 0. The van der Waals surface area contributed by atoms with Gasteiger partial charge in [0.2, 0.25) is 0 Å². The summed E-state index contributed by atoms with van der Waals surface area (Å²) < 4.78 is 21.4. The average molecular weight is 495 g/mol. The molecule has 0 saturated heterocycles. The maximum atomic E-state index is 13.8. The number of carbonyl (C=O) groups excluding carboxylic acids is 1. The maximum Gasteiger partial charge on any atom is 0.254 e. The Bertz CT molecular complexity index is 1480. The molecule has 184 valence electrons. The number of aromatic nitrogens is 4. The third kappa shape index (κ3) is 6.34. The number of amides is 1. The summed E-state index contributed by atoms with van der Waals surface area (Å²) in [5, 5.41) is 14.5. The van der Waals surface area contributed by atoms with Crippen LogP contribution in [0.3, 0.4) is 0 Å². The second-order valence-corrected chi connectivity index (χ2v) is 8.21. The number of pyridine rings is 1. The lowest BCUT2D eigenvalue weighted by atomic mass is 10.2. The quantitative estimate of drug-likeness (QED) is 0.274. The Kier molecular flexibility index (Phi) is 7.12. The van der Waals surface area contributed by atoms with Gasteiger partial charge in [-0.05, 0) is 60.2 Å². The molecule has 0 radical (unpaired) electrons. The van der Waals surface area contributed by atoms with Crippen molar-refractivity contribution in [1.29, 1.82) is 0 Å². The van der Waals surface area contributed by atoms with Gasteiger partial charge >= 0.3 is 0 Å². The van der Waals surface area contributed by atoms with Gasteiger partial charge < -0.3 is 15.4 Å². The number of hydrogen-bond acceptors (Lipinski definition) is 6. The summed E-state index contributed by atoms with van der Waals surface area (Å²) >= 11 is 0. The first kappa shape index (κ1) is 23.7. The maximum absolute atomic E-state index is 13.8. The monoisotopic (exact) mass is 494 g/mol. The third-order valence-corrected chi connectivity index (χ3v) is 5.41. The van der Waals surface area contributed by atoms with Crippen molar-refractivity contribution in [2.24, 2.45) is 0 Å². The molecule has 0 aliphatic heterocycles. The van der Waals surface area contributed by atoms with E-state index in [1.54, 1.807) is 41.3 Å². The zero-order valence-electron chi connectivity index (χ0n) is 19.7. The van der Waals surface area contributed by atoms with E-state index in [2.05, 4.69) is 25.9 Å². The molecule has 0 aliphatic carbocycles. The van der Waals surface area contributed by atoms with Crippen molar-refractivity contribution >= 4 is 11.6 Å². The van der Waals surface area contributed by atoms with Crippen molar-refractivity contribution in [1.82, 2.24) is 25.3 Å². The van der Waals surface area contributed by atoms with E-state index in [4.69, 9.17) is 4.74 Å². The Balaban J connectivity index is 1.34. The lowest BCUT2D eigenvalue weighted by Crippen LogP contribution is -2.33. The van der Waals surface area contributed by atoms with Crippen LogP contribution in [-0.4, -0.2) is 25.9 Å². The SMILES string of the molecule is O=C(NC(Nc1cccc(F)c1)c1cn(Cc2cccc(Oc3ccccc3)c2)nn1)c1cccnc1. The normalized spacial score (nSPS) is 11.5. The Morgan fingerprint density at radius 1 is 0.946 bits per heavy atom. The van der Waals surface area contributed by atoms with Crippen LogP contribution in [0.25, 0.3) is 0 Å². The van der Waals surface area contributed by atoms with Gasteiger partial charge in [-0.25, -0.2) is 9.07 Å². The lowest BCUT2D eigenvalue weighted by Gasteiger charge is -2.19. The summed E-state index contributed by atoms with van der Waals surface area (Å²) in [6.45, 7) is 0.433. The Morgan fingerprint density at radius 3 is 2.59 bits per heavy atom. The van der Waals surface area contributed by atoms with Gasteiger partial charge in [-0.15, -0.1) is 5.10 Å². The van der Waals surface area contributed by atoms with Crippen molar-refractivity contribution in [3.63, 3.8) is 0 Å². The standard InChI is InChI=1S/C28H23FN6O2/c29-22-9-5-10-23(16-22)31-27(32-28(36)21-8-6-14-30-17-21)26-19-35(34-33-26)18-20-7-4-13-25(15-20)37-24-11-2-1-3-12-24/h1-17,19,27,31H,18H2,(H,32,36). The van der Waals surface area contributed by atoms with E-state index in [1.165, 1.54) is 18.3 Å². The van der Waals surface area contributed by atoms with Crippen LogP contribution in [0.1, 0.15) is 27.8 Å². The van der Waals surface area contributed by atoms with Crippen LogP contribution in [0, 0.1) is 5.82 Å². The molecule has 1 unspecified atom stereocenters. The van der Waals surface area contributed by atoms with Crippen LogP contribution < -0.4 is 15.4 Å². The molecule has 0 saturated carbocycles. The topological polar surface area (TPSA) is 94.0 Å². The first-order valence-electron chi connectivity index (χ1n) is 11.6. The molecule has 2 N–H and O–H groups in total. The highest BCUT2D eigenvalue weighted by atomic mass is 19.1. The number of nitrogens with one attached hydrogen (secondary N) is 2. The molecule has 1 atom stereocenters. The molecule has 8 nitrogen and oxygen atoms in total. The van der Waals surface area contributed by atoms with Gasteiger partial charge in [-0.1, -0.05) is 41.6 Å². The molecule has 9 heteroatoms. The molecule has 0 spiro atoms. The zero-order valence-corrected chi connectivity index (χ0v) is 19.7. The molecule has 37 heavy (non-hydrogen) atoms. The van der Waals surface area contributed by atoms with Crippen molar-refractivity contribution in [2.45, 2.75) is 12.7 Å². The molecule has 0 aliphatic rings. The number of ether oxygens (including phenoxy) is 1. The smallest absolute Gasteiger partial charge is 0.254 e. The van der Waals surface area contributed by atoms with Crippen molar-refractivity contribution in [2.75, 3.05) is 5.32 Å². The largest absolute Gasteiger partial charge is 0.457 e. The minimum Gasteiger partial charge on any atom is -0.457 e. The highest BCUT2D eigenvalue weighted by Gasteiger charge is 2.20. The van der Waals surface area contributed by atoms with Gasteiger partial charge in [0.15, 0.2) is 0 Å². The highest BCUT2D eigenvalue weighted by molar-refractivity contribution is 5.94. The summed E-state index contributed by atoms with van der Waals surface area (Å²) in [5.41, 5.74) is 2.28. The summed E-state index contributed by atoms with van der Waals surface area (Å²) in [6, 6.07) is 26.5. The number of nitrogens with zero attached hydrogens (tertiary/aromatic N) is 4. The number of anilines is 1. The molecule has 5 rings (SSSR count). The van der Waals surface area contributed by atoms with Crippen LogP contribution in [-0.2, 0) is 6.54 Å². The van der Waals surface area contributed by atoms with E-state index in [0.29, 0.717) is 29.2 Å². The van der Waals surface area contributed by atoms with Gasteiger partial charge in [-0.2, -0.15) is 0 Å². The minimum absolute atomic E-state index is 0.359. The van der Waals surface area contributed by atoms with Gasteiger partial charge in [-0.3, -0.25) is 9.78 Å². The van der Waals surface area contributed by atoms with Gasteiger partial charge in [0, 0.05) is 18.1 Å². The predicted molar refractivity (Wildman–Crippen MR) is 137 cm³/mol. The number of para-hydroxylation sites is 1. The molecular formula is C28H23FN6O2. The van der Waals surface area contributed by atoms with Crippen molar-refractivity contribution < 1.29 is 13.9 Å². The van der Waals surface area contributed by atoms with Crippen molar-refractivity contribution in [3.05, 3.63) is 132 Å². The molecule has 0 bridgehead atoms. The van der Waals surface area contributed by atoms with Gasteiger partial charge in [0.25, 0.3) is 5.91 Å². The van der Waals surface area contributed by atoms with E-state index >= 15 is 0 Å². The third-order valence-electron chi connectivity index (χ3n) is 5.41. The number of carbonyl (C=O) groups is 1. The first-order chi connectivity index (χ1) is 18.1. The fourth-order valence-electron chi connectivity index (χ4n) is 3.68. The first-order valence-corrected chi connectivity index (χ1v) is 11.6. The lowest BCUT2D eigenvalue weighted by molar-refractivity contribution is 0.0940. The van der Waals surface area contributed by atoms with Crippen molar-refractivity contribution in [3.8, 4) is 11.5 Å². The Labute approximate surface area is 212 Å². The van der Waals surface area contributed by atoms with Gasteiger partial charge in [0.05, 0.1) is 18.3 Å². The van der Waals surface area contributed by atoms with E-state index in [1.807, 2.05) is 54.6 Å². The van der Waals surface area contributed by atoms with Crippen LogP contribution >= 0.6 is 0 Å². The van der Waals surface area contributed by atoms with Crippen LogP contribution in [0.15, 0.2) is 110 Å². The predicted octanol–water partition coefficient (Wildman–Crippen LogP) is 5.19. The fraction of sp³-hybridized carbons (Fsp3) is 0.0714. The number of benzene rings is 3. The number of hydrogen-bond donors (Lipinski definition) is 2. The summed E-state index contributed by atoms with van der Waals surface area (Å²) in [6.07, 6.45) is 4.02. The second kappa shape index (κ2) is 11.1. The fourth-order valence-corrected chi connectivity index (χ4v) is 3.68. The molecule has 3 aromatic carbocycles. The minimum atomic E-state index is -0.768. The molecule has 1 amide bonds. The van der Waals surface area contributed by atoms with Crippen LogP contribution in [0.4, 0.5) is 10.1 Å². The summed E-state index contributed by atoms with van der Waals surface area (Å²) in [4.78, 5) is 16.8. The summed E-state index contributed by atoms with van der Waals surface area (Å²) in [5.74, 6) is 0.697. The Morgan fingerprint density at radius 2 is 1.78 bits per heavy atom. The molecule has 2 aromatic heterocycles. The number of halogens is 1. The van der Waals surface area contributed by atoms with E-state index in [-0.39, 0.29) is 5.91 Å². The van der Waals surface area contributed by atoms with Gasteiger partial charge in [0.1, 0.15) is 29.2 Å². The zero-order chi connectivity index (χ0) is 25.5. The molecule has 5 aromatic rings. The Hall–Kier alpha value is -5.05. The number of rotatable bonds is 9. The highest BCUT2D eigenvalue weighted by Crippen LogP contribution is 2.23.